The highest BCUT2D eigenvalue weighted by atomic mass is 31.3. The van der Waals surface area contributed by atoms with Gasteiger partial charge in [0.1, 0.15) is 6.10 Å². The lowest BCUT2D eigenvalue weighted by molar-refractivity contribution is -0.136. The molecule has 0 radical (unpaired) electrons. The molecule has 0 fully saturated rings. The first-order valence-electron chi connectivity index (χ1n) is 17.1. The molecule has 0 saturated carbocycles. The van der Waals surface area contributed by atoms with Crippen LogP contribution in [0.25, 0.3) is 0 Å². The van der Waals surface area contributed by atoms with E-state index in [2.05, 4.69) is 22.7 Å². The minimum Gasteiger partial charge on any atom is -0.394 e. The fourth-order valence-corrected chi connectivity index (χ4v) is 7.21. The number of aliphatic hydroxyl groups excluding tert-OH is 2. The van der Waals surface area contributed by atoms with E-state index in [9.17, 15) is 28.7 Å². The van der Waals surface area contributed by atoms with Crippen LogP contribution in [0.15, 0.2) is 0 Å². The van der Waals surface area contributed by atoms with Gasteiger partial charge >= 0.3 is 27.6 Å². The van der Waals surface area contributed by atoms with Crippen molar-refractivity contribution in [3.05, 3.63) is 0 Å². The third kappa shape index (κ3) is 27.5. The van der Waals surface area contributed by atoms with Crippen molar-refractivity contribution in [3.63, 3.8) is 0 Å². The lowest BCUT2D eigenvalue weighted by Crippen LogP contribution is -2.20. The molecule has 11 nitrogen and oxygen atoms in total. The Balaban J connectivity index is 4.46. The molecule has 44 heavy (non-hydrogen) atoms. The average molecular weight is 673 g/mol. The van der Waals surface area contributed by atoms with Crippen molar-refractivity contribution >= 4 is 27.6 Å². The van der Waals surface area contributed by atoms with Crippen LogP contribution in [0, 0.1) is 0 Å². The molecule has 0 saturated heterocycles. The van der Waals surface area contributed by atoms with Crippen LogP contribution in [0.1, 0.15) is 168 Å². The largest absolute Gasteiger partial charge is 0.542 e. The second-order valence-electron chi connectivity index (χ2n) is 11.6. The molecule has 0 aliphatic rings. The van der Waals surface area contributed by atoms with Gasteiger partial charge in [0.2, 0.25) is 0 Å². The minimum atomic E-state index is -5.29. The number of rotatable bonds is 32. The molecule has 0 heterocycles. The molecule has 0 spiro atoms. The molecule has 0 amide bonds. The molecule has 0 aliphatic carbocycles. The number of aliphatic hydroxyl groups is 2. The number of phosphoric acid groups is 2. The van der Waals surface area contributed by atoms with Crippen molar-refractivity contribution in [3.8, 4) is 0 Å². The van der Waals surface area contributed by atoms with E-state index in [0.29, 0.717) is 12.8 Å². The summed E-state index contributed by atoms with van der Waals surface area (Å²) in [7, 11) is -10.4. The predicted octanol–water partition coefficient (Wildman–Crippen LogP) is 9.07. The number of phosphoric ester groups is 2. The Labute approximate surface area is 266 Å². The third-order valence-electron chi connectivity index (χ3n) is 7.24. The molecule has 0 bridgehead atoms. The van der Waals surface area contributed by atoms with Gasteiger partial charge in [-0.25, -0.2) is 9.13 Å². The van der Waals surface area contributed by atoms with E-state index in [1.807, 2.05) is 0 Å². The molecule has 0 aromatic rings. The second kappa shape index (κ2) is 28.4. The molecule has 0 aromatic heterocycles. The first-order valence-corrected chi connectivity index (χ1v) is 20.1. The van der Waals surface area contributed by atoms with Gasteiger partial charge in [-0.15, -0.1) is 0 Å². The zero-order valence-electron chi connectivity index (χ0n) is 27.5. The molecular weight excluding hydrogens is 610 g/mol. The molecular formula is C31H62O11P2. The van der Waals surface area contributed by atoms with E-state index in [1.54, 1.807) is 0 Å². The zero-order chi connectivity index (χ0) is 32.9. The van der Waals surface area contributed by atoms with Gasteiger partial charge in [0, 0.05) is 12.8 Å². The molecule has 262 valence electrons. The van der Waals surface area contributed by atoms with Crippen molar-refractivity contribution in [2.45, 2.75) is 174 Å². The van der Waals surface area contributed by atoms with Crippen molar-refractivity contribution in [2.75, 3.05) is 13.2 Å². The van der Waals surface area contributed by atoms with Crippen molar-refractivity contribution in [1.82, 2.24) is 0 Å². The first-order chi connectivity index (χ1) is 21.1. The molecule has 3 N–H and O–H groups in total. The third-order valence-corrected chi connectivity index (χ3v) is 10.2. The molecule has 13 heteroatoms. The lowest BCUT2D eigenvalue weighted by Gasteiger charge is -2.20. The van der Waals surface area contributed by atoms with E-state index in [-0.39, 0.29) is 12.8 Å². The molecule has 3 atom stereocenters. The average Bonchev–Trinajstić information content (AvgIpc) is 2.96. The molecule has 0 rings (SSSR count). The van der Waals surface area contributed by atoms with Crippen molar-refractivity contribution in [2.24, 2.45) is 0 Å². The first kappa shape index (κ1) is 43.2. The normalized spacial score (nSPS) is 14.9. The standard InChI is InChI=1S/C31H62O11P2/c1-3-5-7-9-11-13-15-17-19-21-23-25-30(34)40-43(36,37)42-44(38,39-28-29(33)27-32)41-31(35)26-24-22-20-18-16-14-12-10-8-6-4-2/h29,32-33H,3-28H2,1-2H3,(H,36,37). The monoisotopic (exact) mass is 672 g/mol. The summed E-state index contributed by atoms with van der Waals surface area (Å²) in [5.74, 6) is -2.02. The summed E-state index contributed by atoms with van der Waals surface area (Å²) in [5.41, 5.74) is 0. The van der Waals surface area contributed by atoms with Crippen LogP contribution in [-0.2, 0) is 36.6 Å². The number of hydrogen-bond donors (Lipinski definition) is 3. The summed E-state index contributed by atoms with van der Waals surface area (Å²) in [6, 6.07) is 0. The van der Waals surface area contributed by atoms with Crippen molar-refractivity contribution < 1.29 is 51.7 Å². The van der Waals surface area contributed by atoms with E-state index in [0.717, 1.165) is 51.4 Å². The number of carbonyl (C=O) groups excluding carboxylic acids is 2. The maximum Gasteiger partial charge on any atom is 0.542 e. The highest BCUT2D eigenvalue weighted by molar-refractivity contribution is 7.62. The van der Waals surface area contributed by atoms with E-state index in [4.69, 9.17) is 14.2 Å². The smallest absolute Gasteiger partial charge is 0.394 e. The van der Waals surface area contributed by atoms with Gasteiger partial charge in [-0.3, -0.25) is 19.0 Å². The molecule has 3 unspecified atom stereocenters. The Hall–Kier alpha value is -0.800. The summed E-state index contributed by atoms with van der Waals surface area (Å²) in [4.78, 5) is 34.5. The topological polar surface area (TPSA) is 166 Å². The Bertz CT molecular complexity index is 809. The molecule has 0 aliphatic heterocycles. The minimum absolute atomic E-state index is 0.134. The summed E-state index contributed by atoms with van der Waals surface area (Å²) in [6.07, 6.45) is 21.8. The second-order valence-corrected chi connectivity index (χ2v) is 14.7. The predicted molar refractivity (Wildman–Crippen MR) is 172 cm³/mol. The van der Waals surface area contributed by atoms with Gasteiger partial charge in [0.15, 0.2) is 0 Å². The van der Waals surface area contributed by atoms with Gasteiger partial charge < -0.3 is 19.3 Å². The number of unbranched alkanes of at least 4 members (excludes halogenated alkanes) is 20. The van der Waals surface area contributed by atoms with Gasteiger partial charge in [-0.1, -0.05) is 142 Å². The fraction of sp³-hybridized carbons (Fsp3) is 0.935. The Morgan fingerprint density at radius 2 is 0.932 bits per heavy atom. The molecule has 0 aromatic carbocycles. The van der Waals surface area contributed by atoms with Crippen LogP contribution in [-0.4, -0.2) is 46.4 Å². The van der Waals surface area contributed by atoms with Crippen LogP contribution in [0.2, 0.25) is 0 Å². The quantitative estimate of drug-likeness (QED) is 0.0461. The summed E-state index contributed by atoms with van der Waals surface area (Å²) < 4.78 is 44.1. The van der Waals surface area contributed by atoms with E-state index in [1.165, 1.54) is 77.0 Å². The summed E-state index contributed by atoms with van der Waals surface area (Å²) in [6.45, 7) is 2.81. The zero-order valence-corrected chi connectivity index (χ0v) is 29.3. The maximum absolute atomic E-state index is 13.0. The van der Waals surface area contributed by atoms with Gasteiger partial charge in [0.05, 0.1) is 13.2 Å². The van der Waals surface area contributed by atoms with Gasteiger partial charge in [-0.2, -0.15) is 4.31 Å². The summed E-state index contributed by atoms with van der Waals surface area (Å²) in [5, 5.41) is 18.5. The van der Waals surface area contributed by atoms with Gasteiger partial charge in [-0.05, 0) is 12.8 Å². The van der Waals surface area contributed by atoms with Crippen molar-refractivity contribution in [1.29, 1.82) is 0 Å². The highest BCUT2D eigenvalue weighted by Crippen LogP contribution is 2.63. The highest BCUT2D eigenvalue weighted by Gasteiger charge is 2.43. The summed E-state index contributed by atoms with van der Waals surface area (Å²) >= 11 is 0. The van der Waals surface area contributed by atoms with Crippen LogP contribution in [0.3, 0.4) is 0 Å². The number of hydrogen-bond acceptors (Lipinski definition) is 10. The fourth-order valence-electron chi connectivity index (χ4n) is 4.65. The lowest BCUT2D eigenvalue weighted by atomic mass is 10.1. The number of carbonyl (C=O) groups is 2. The Kier molecular flexibility index (Phi) is 27.9. The van der Waals surface area contributed by atoms with Crippen LogP contribution in [0.4, 0.5) is 0 Å². The Morgan fingerprint density at radius 1 is 0.591 bits per heavy atom. The van der Waals surface area contributed by atoms with Crippen LogP contribution < -0.4 is 0 Å². The SMILES string of the molecule is CCCCCCCCCCCCCC(=O)OP(=O)(O)OP(=O)(OCC(O)CO)OC(=O)CCCCCCCCCCCCC. The Morgan fingerprint density at radius 3 is 1.30 bits per heavy atom. The van der Waals surface area contributed by atoms with E-state index < -0.39 is 46.9 Å². The maximum atomic E-state index is 13.0. The van der Waals surface area contributed by atoms with E-state index >= 15 is 0 Å². The van der Waals surface area contributed by atoms with Gasteiger partial charge in [0.25, 0.3) is 0 Å². The van der Waals surface area contributed by atoms with Crippen LogP contribution in [0.5, 0.6) is 0 Å². The van der Waals surface area contributed by atoms with Crippen LogP contribution >= 0.6 is 15.6 Å².